The molecule has 2 aromatic heterocycles. The van der Waals surface area contributed by atoms with Gasteiger partial charge >= 0.3 is 0 Å². The number of rotatable bonds is 4. The SMILES string of the molecule is Cc1ccc(-n2ncc3c(NC[C@H](C)O)ncnc32)cc1. The third kappa shape index (κ3) is 2.71. The molecule has 0 saturated carbocycles. The second kappa shape index (κ2) is 5.49. The van der Waals surface area contributed by atoms with E-state index >= 15 is 0 Å². The molecule has 0 bridgehead atoms. The van der Waals surface area contributed by atoms with Crippen LogP contribution in [0.1, 0.15) is 12.5 Å². The first-order chi connectivity index (χ1) is 10.1. The third-order valence-electron chi connectivity index (χ3n) is 3.21. The highest BCUT2D eigenvalue weighted by molar-refractivity contribution is 5.87. The minimum Gasteiger partial charge on any atom is -0.392 e. The summed E-state index contributed by atoms with van der Waals surface area (Å²) in [7, 11) is 0. The first kappa shape index (κ1) is 13.5. The summed E-state index contributed by atoms with van der Waals surface area (Å²) in [6.45, 7) is 4.20. The second-order valence-corrected chi connectivity index (χ2v) is 5.08. The van der Waals surface area contributed by atoms with Crippen molar-refractivity contribution in [3.63, 3.8) is 0 Å². The van der Waals surface area contributed by atoms with E-state index in [1.54, 1.807) is 17.8 Å². The van der Waals surface area contributed by atoms with Crippen molar-refractivity contribution in [3.05, 3.63) is 42.4 Å². The minimum atomic E-state index is -0.442. The Labute approximate surface area is 122 Å². The van der Waals surface area contributed by atoms with Gasteiger partial charge in [0.15, 0.2) is 5.65 Å². The second-order valence-electron chi connectivity index (χ2n) is 5.08. The van der Waals surface area contributed by atoms with Crippen LogP contribution in [0.4, 0.5) is 5.82 Å². The highest BCUT2D eigenvalue weighted by Crippen LogP contribution is 2.21. The fourth-order valence-corrected chi connectivity index (χ4v) is 2.10. The quantitative estimate of drug-likeness (QED) is 0.765. The number of hydrogen-bond donors (Lipinski definition) is 2. The Kier molecular flexibility index (Phi) is 3.53. The predicted octanol–water partition coefficient (Wildman–Crippen LogP) is 1.92. The van der Waals surface area contributed by atoms with Gasteiger partial charge in [-0.2, -0.15) is 5.10 Å². The zero-order valence-electron chi connectivity index (χ0n) is 12.0. The maximum atomic E-state index is 9.37. The number of fused-ring (bicyclic) bond motifs is 1. The molecule has 2 heterocycles. The van der Waals surface area contributed by atoms with Crippen molar-refractivity contribution in [2.45, 2.75) is 20.0 Å². The van der Waals surface area contributed by atoms with Gasteiger partial charge in [-0.25, -0.2) is 14.6 Å². The van der Waals surface area contributed by atoms with Crippen LogP contribution in [-0.2, 0) is 0 Å². The van der Waals surface area contributed by atoms with E-state index in [-0.39, 0.29) is 0 Å². The van der Waals surface area contributed by atoms with E-state index in [0.717, 1.165) is 16.7 Å². The number of aliphatic hydroxyl groups excluding tert-OH is 1. The number of aliphatic hydroxyl groups is 1. The molecule has 3 aromatic rings. The van der Waals surface area contributed by atoms with Crippen molar-refractivity contribution in [3.8, 4) is 5.69 Å². The number of hydrogen-bond acceptors (Lipinski definition) is 5. The number of benzene rings is 1. The van der Waals surface area contributed by atoms with Crippen LogP contribution in [0.25, 0.3) is 16.7 Å². The van der Waals surface area contributed by atoms with Crippen molar-refractivity contribution in [1.29, 1.82) is 0 Å². The molecular formula is C15H17N5O. The Bertz CT molecular complexity index is 748. The maximum absolute atomic E-state index is 9.37. The van der Waals surface area contributed by atoms with Crippen LogP contribution in [0.3, 0.4) is 0 Å². The van der Waals surface area contributed by atoms with E-state index in [9.17, 15) is 5.11 Å². The van der Waals surface area contributed by atoms with Gasteiger partial charge in [-0.1, -0.05) is 17.7 Å². The van der Waals surface area contributed by atoms with E-state index in [1.807, 2.05) is 31.2 Å². The molecule has 0 aliphatic heterocycles. The number of nitrogens with one attached hydrogen (secondary N) is 1. The molecule has 0 unspecified atom stereocenters. The molecule has 0 saturated heterocycles. The van der Waals surface area contributed by atoms with Gasteiger partial charge < -0.3 is 10.4 Å². The number of nitrogens with zero attached hydrogens (tertiary/aromatic N) is 4. The monoisotopic (exact) mass is 283 g/mol. The highest BCUT2D eigenvalue weighted by atomic mass is 16.3. The van der Waals surface area contributed by atoms with Gasteiger partial charge in [0, 0.05) is 6.54 Å². The molecule has 0 aliphatic rings. The zero-order valence-corrected chi connectivity index (χ0v) is 12.0. The van der Waals surface area contributed by atoms with E-state index < -0.39 is 6.10 Å². The van der Waals surface area contributed by atoms with Gasteiger partial charge in [0.05, 0.1) is 23.4 Å². The van der Waals surface area contributed by atoms with Gasteiger partial charge in [0.25, 0.3) is 0 Å². The summed E-state index contributed by atoms with van der Waals surface area (Å²) >= 11 is 0. The molecule has 6 heteroatoms. The maximum Gasteiger partial charge on any atom is 0.168 e. The van der Waals surface area contributed by atoms with E-state index in [0.29, 0.717) is 12.4 Å². The number of anilines is 1. The van der Waals surface area contributed by atoms with E-state index in [1.165, 1.54) is 11.9 Å². The lowest BCUT2D eigenvalue weighted by Gasteiger charge is -2.08. The molecule has 0 spiro atoms. The summed E-state index contributed by atoms with van der Waals surface area (Å²) in [6.07, 6.45) is 2.79. The molecule has 1 atom stereocenters. The van der Waals surface area contributed by atoms with Gasteiger partial charge in [-0.05, 0) is 26.0 Å². The normalized spacial score (nSPS) is 12.5. The van der Waals surface area contributed by atoms with Gasteiger partial charge in [-0.15, -0.1) is 0 Å². The standard InChI is InChI=1S/C15H17N5O/c1-10-3-5-12(6-4-10)20-15-13(8-19-20)14(17-9-18-15)16-7-11(2)21/h3-6,8-9,11,21H,7H2,1-2H3,(H,16,17,18)/t11-/m0/s1. The Balaban J connectivity index is 2.02. The Morgan fingerprint density at radius 3 is 2.71 bits per heavy atom. The van der Waals surface area contributed by atoms with Crippen molar-refractivity contribution < 1.29 is 5.11 Å². The van der Waals surface area contributed by atoms with Gasteiger partial charge in [0.2, 0.25) is 0 Å². The van der Waals surface area contributed by atoms with Crippen molar-refractivity contribution in [2.75, 3.05) is 11.9 Å². The highest BCUT2D eigenvalue weighted by Gasteiger charge is 2.11. The lowest BCUT2D eigenvalue weighted by Crippen LogP contribution is -2.16. The van der Waals surface area contributed by atoms with Crippen LogP contribution >= 0.6 is 0 Å². The van der Waals surface area contributed by atoms with Crippen LogP contribution in [0.15, 0.2) is 36.8 Å². The lowest BCUT2D eigenvalue weighted by atomic mass is 10.2. The van der Waals surface area contributed by atoms with Crippen molar-refractivity contribution in [1.82, 2.24) is 19.7 Å². The summed E-state index contributed by atoms with van der Waals surface area (Å²) in [5, 5.41) is 17.7. The van der Waals surface area contributed by atoms with Crippen LogP contribution in [0.2, 0.25) is 0 Å². The van der Waals surface area contributed by atoms with Crippen LogP contribution in [0.5, 0.6) is 0 Å². The van der Waals surface area contributed by atoms with Gasteiger partial charge in [0.1, 0.15) is 12.1 Å². The summed E-state index contributed by atoms with van der Waals surface area (Å²) in [6, 6.07) is 8.09. The summed E-state index contributed by atoms with van der Waals surface area (Å²) < 4.78 is 1.78. The van der Waals surface area contributed by atoms with E-state index in [4.69, 9.17) is 0 Å². The average Bonchev–Trinajstić information content (AvgIpc) is 2.90. The van der Waals surface area contributed by atoms with E-state index in [2.05, 4.69) is 20.4 Å². The Morgan fingerprint density at radius 2 is 2.00 bits per heavy atom. The number of aryl methyl sites for hydroxylation is 1. The molecule has 108 valence electrons. The molecule has 0 amide bonds. The molecule has 6 nitrogen and oxygen atoms in total. The molecule has 0 radical (unpaired) electrons. The van der Waals surface area contributed by atoms with Crippen molar-refractivity contribution in [2.24, 2.45) is 0 Å². The predicted molar refractivity (Wildman–Crippen MR) is 81.6 cm³/mol. The third-order valence-corrected chi connectivity index (χ3v) is 3.21. The van der Waals surface area contributed by atoms with Crippen LogP contribution in [0, 0.1) is 6.92 Å². The van der Waals surface area contributed by atoms with Crippen LogP contribution < -0.4 is 5.32 Å². The van der Waals surface area contributed by atoms with Crippen molar-refractivity contribution >= 4 is 16.9 Å². The minimum absolute atomic E-state index is 0.432. The first-order valence-corrected chi connectivity index (χ1v) is 6.83. The fraction of sp³-hybridized carbons (Fsp3) is 0.267. The largest absolute Gasteiger partial charge is 0.392 e. The zero-order chi connectivity index (χ0) is 14.8. The summed E-state index contributed by atoms with van der Waals surface area (Å²) in [5.74, 6) is 0.680. The lowest BCUT2D eigenvalue weighted by molar-refractivity contribution is 0.208. The molecule has 0 aliphatic carbocycles. The molecular weight excluding hydrogens is 266 g/mol. The Hall–Kier alpha value is -2.47. The van der Waals surface area contributed by atoms with Crippen LogP contribution in [-0.4, -0.2) is 37.5 Å². The number of aromatic nitrogens is 4. The summed E-state index contributed by atoms with van der Waals surface area (Å²) in [5.41, 5.74) is 2.89. The Morgan fingerprint density at radius 1 is 1.24 bits per heavy atom. The smallest absolute Gasteiger partial charge is 0.168 e. The first-order valence-electron chi connectivity index (χ1n) is 6.83. The summed E-state index contributed by atoms with van der Waals surface area (Å²) in [4.78, 5) is 8.53. The van der Waals surface area contributed by atoms with Gasteiger partial charge in [-0.3, -0.25) is 0 Å². The molecule has 2 N–H and O–H groups in total. The molecule has 1 aromatic carbocycles. The molecule has 21 heavy (non-hydrogen) atoms. The topological polar surface area (TPSA) is 75.9 Å². The molecule has 0 fully saturated rings. The average molecular weight is 283 g/mol. The molecule has 3 rings (SSSR count). The fourth-order valence-electron chi connectivity index (χ4n) is 2.10.